The molecule has 0 amide bonds. The van der Waals surface area contributed by atoms with Crippen molar-refractivity contribution < 1.29 is 8.78 Å². The molecule has 2 rings (SSSR count). The molecule has 0 aliphatic carbocycles. The Labute approximate surface area is 103 Å². The molecular formula is C13H10ClF2N. The van der Waals surface area contributed by atoms with Gasteiger partial charge in [-0.05, 0) is 29.8 Å². The molecule has 0 spiro atoms. The molecule has 0 saturated heterocycles. The molecular weight excluding hydrogens is 244 g/mol. The smallest absolute Gasteiger partial charge is 0.129 e. The maximum atomic E-state index is 13.6. The summed E-state index contributed by atoms with van der Waals surface area (Å²) >= 11 is 5.66. The Hall–Kier alpha value is -1.45. The first-order valence-electron chi connectivity index (χ1n) is 5.04. The molecule has 17 heavy (non-hydrogen) atoms. The minimum absolute atomic E-state index is 0.317. The van der Waals surface area contributed by atoms with Gasteiger partial charge in [0.15, 0.2) is 0 Å². The van der Waals surface area contributed by atoms with Crippen LogP contribution in [0.2, 0.25) is 5.02 Å². The summed E-state index contributed by atoms with van der Waals surface area (Å²) in [5, 5.41) is 0.317. The van der Waals surface area contributed by atoms with Gasteiger partial charge in [-0.1, -0.05) is 29.8 Å². The van der Waals surface area contributed by atoms with E-state index < -0.39 is 11.9 Å². The van der Waals surface area contributed by atoms with Crippen LogP contribution in [0.25, 0.3) is 0 Å². The molecule has 0 aliphatic rings. The number of hydrogen-bond acceptors (Lipinski definition) is 1. The van der Waals surface area contributed by atoms with Crippen molar-refractivity contribution in [3.05, 3.63) is 70.2 Å². The molecule has 2 aromatic carbocycles. The predicted octanol–water partition coefficient (Wildman–Crippen LogP) is 3.67. The average molecular weight is 254 g/mol. The summed E-state index contributed by atoms with van der Waals surface area (Å²) in [5.41, 5.74) is 6.89. The van der Waals surface area contributed by atoms with Crippen LogP contribution in [-0.2, 0) is 0 Å². The molecule has 0 bridgehead atoms. The van der Waals surface area contributed by atoms with E-state index in [-0.39, 0.29) is 5.82 Å². The topological polar surface area (TPSA) is 26.0 Å². The van der Waals surface area contributed by atoms with E-state index in [0.717, 1.165) is 0 Å². The van der Waals surface area contributed by atoms with Gasteiger partial charge in [-0.3, -0.25) is 0 Å². The van der Waals surface area contributed by atoms with Gasteiger partial charge in [0.05, 0.1) is 6.04 Å². The molecule has 1 unspecified atom stereocenters. The summed E-state index contributed by atoms with van der Waals surface area (Å²) in [6.45, 7) is 0. The summed E-state index contributed by atoms with van der Waals surface area (Å²) in [5.74, 6) is -0.813. The molecule has 2 aromatic rings. The Kier molecular flexibility index (Phi) is 3.41. The van der Waals surface area contributed by atoms with Crippen LogP contribution in [0.5, 0.6) is 0 Å². The van der Waals surface area contributed by atoms with Crippen molar-refractivity contribution >= 4 is 11.6 Å². The van der Waals surface area contributed by atoms with Crippen molar-refractivity contribution in [3.8, 4) is 0 Å². The van der Waals surface area contributed by atoms with E-state index >= 15 is 0 Å². The van der Waals surface area contributed by atoms with Crippen LogP contribution in [0, 0.1) is 11.6 Å². The Bertz CT molecular complexity index is 525. The first kappa shape index (κ1) is 12.0. The number of hydrogen-bond donors (Lipinski definition) is 1. The van der Waals surface area contributed by atoms with E-state index in [0.29, 0.717) is 16.1 Å². The first-order valence-corrected chi connectivity index (χ1v) is 5.41. The zero-order valence-corrected chi connectivity index (χ0v) is 9.59. The van der Waals surface area contributed by atoms with Crippen LogP contribution in [0.4, 0.5) is 8.78 Å². The highest BCUT2D eigenvalue weighted by Crippen LogP contribution is 2.24. The largest absolute Gasteiger partial charge is 0.320 e. The second-order valence-electron chi connectivity index (χ2n) is 3.70. The maximum Gasteiger partial charge on any atom is 0.129 e. The van der Waals surface area contributed by atoms with Crippen LogP contribution in [-0.4, -0.2) is 0 Å². The fourth-order valence-electron chi connectivity index (χ4n) is 1.60. The van der Waals surface area contributed by atoms with E-state index in [2.05, 4.69) is 0 Å². The van der Waals surface area contributed by atoms with Gasteiger partial charge in [-0.15, -0.1) is 0 Å². The normalized spacial score (nSPS) is 12.5. The van der Waals surface area contributed by atoms with Crippen molar-refractivity contribution in [2.75, 3.05) is 0 Å². The summed E-state index contributed by atoms with van der Waals surface area (Å²) in [4.78, 5) is 0. The third-order valence-corrected chi connectivity index (χ3v) is 2.76. The molecule has 0 heterocycles. The number of rotatable bonds is 2. The molecule has 1 atom stereocenters. The summed E-state index contributed by atoms with van der Waals surface area (Å²) in [7, 11) is 0. The molecule has 1 nitrogen and oxygen atoms in total. The molecule has 2 N–H and O–H groups in total. The van der Waals surface area contributed by atoms with Crippen LogP contribution >= 0.6 is 11.6 Å². The zero-order valence-electron chi connectivity index (χ0n) is 8.83. The summed E-state index contributed by atoms with van der Waals surface area (Å²) < 4.78 is 26.4. The third kappa shape index (κ3) is 2.62. The second-order valence-corrected chi connectivity index (χ2v) is 4.13. The molecule has 0 fully saturated rings. The minimum Gasteiger partial charge on any atom is -0.320 e. The van der Waals surface area contributed by atoms with Crippen molar-refractivity contribution in [1.82, 2.24) is 0 Å². The first-order chi connectivity index (χ1) is 8.08. The molecule has 0 radical (unpaired) electrons. The maximum absolute atomic E-state index is 13.6. The number of halogens is 3. The van der Waals surface area contributed by atoms with Crippen molar-refractivity contribution in [2.24, 2.45) is 5.73 Å². The Morgan fingerprint density at radius 3 is 2.24 bits per heavy atom. The van der Waals surface area contributed by atoms with E-state index in [1.165, 1.54) is 36.4 Å². The summed E-state index contributed by atoms with van der Waals surface area (Å²) in [6, 6.07) is 9.34. The molecule has 88 valence electrons. The zero-order chi connectivity index (χ0) is 12.4. The van der Waals surface area contributed by atoms with Gasteiger partial charge in [0.2, 0.25) is 0 Å². The highest BCUT2D eigenvalue weighted by molar-refractivity contribution is 6.30. The fraction of sp³-hybridized carbons (Fsp3) is 0.0769. The van der Waals surface area contributed by atoms with Gasteiger partial charge < -0.3 is 5.73 Å². The van der Waals surface area contributed by atoms with Crippen molar-refractivity contribution in [3.63, 3.8) is 0 Å². The van der Waals surface area contributed by atoms with Gasteiger partial charge in [0.1, 0.15) is 11.6 Å². The molecule has 4 heteroatoms. The van der Waals surface area contributed by atoms with Crippen LogP contribution < -0.4 is 5.73 Å². The lowest BCUT2D eigenvalue weighted by molar-refractivity contribution is 0.598. The van der Waals surface area contributed by atoms with Gasteiger partial charge >= 0.3 is 0 Å². The van der Waals surface area contributed by atoms with Gasteiger partial charge in [0.25, 0.3) is 0 Å². The van der Waals surface area contributed by atoms with Crippen LogP contribution in [0.3, 0.4) is 0 Å². The molecule has 0 aromatic heterocycles. The molecule has 0 aliphatic heterocycles. The minimum atomic E-state index is -0.632. The van der Waals surface area contributed by atoms with Gasteiger partial charge in [-0.25, -0.2) is 8.78 Å². The lowest BCUT2D eigenvalue weighted by Crippen LogP contribution is -2.13. The van der Waals surface area contributed by atoms with Crippen LogP contribution in [0.1, 0.15) is 17.2 Å². The second kappa shape index (κ2) is 4.82. The lowest BCUT2D eigenvalue weighted by Gasteiger charge is -2.13. The van der Waals surface area contributed by atoms with E-state index in [1.54, 1.807) is 6.07 Å². The summed E-state index contributed by atoms with van der Waals surface area (Å²) in [6.07, 6.45) is 0. The SMILES string of the molecule is NC(c1ccc(F)cc1)c1ccc(Cl)cc1F. The number of benzene rings is 2. The quantitative estimate of drug-likeness (QED) is 0.868. The molecule has 0 saturated carbocycles. The van der Waals surface area contributed by atoms with Gasteiger partial charge in [0, 0.05) is 10.6 Å². The highest BCUT2D eigenvalue weighted by Gasteiger charge is 2.13. The van der Waals surface area contributed by atoms with E-state index in [4.69, 9.17) is 17.3 Å². The Morgan fingerprint density at radius 2 is 1.65 bits per heavy atom. The third-order valence-electron chi connectivity index (χ3n) is 2.53. The van der Waals surface area contributed by atoms with Crippen LogP contribution in [0.15, 0.2) is 42.5 Å². The Morgan fingerprint density at radius 1 is 1.00 bits per heavy atom. The average Bonchev–Trinajstić information content (AvgIpc) is 2.29. The lowest BCUT2D eigenvalue weighted by atomic mass is 9.99. The van der Waals surface area contributed by atoms with Crippen molar-refractivity contribution in [1.29, 1.82) is 0 Å². The fourth-order valence-corrected chi connectivity index (χ4v) is 1.76. The monoisotopic (exact) mass is 253 g/mol. The standard InChI is InChI=1S/C13H10ClF2N/c14-9-3-6-11(12(16)7-9)13(17)8-1-4-10(15)5-2-8/h1-7,13H,17H2. The number of nitrogens with two attached hydrogens (primary N) is 1. The van der Waals surface area contributed by atoms with E-state index in [1.807, 2.05) is 0 Å². The van der Waals surface area contributed by atoms with Crippen molar-refractivity contribution in [2.45, 2.75) is 6.04 Å². The highest BCUT2D eigenvalue weighted by atomic mass is 35.5. The van der Waals surface area contributed by atoms with E-state index in [9.17, 15) is 8.78 Å². The Balaban J connectivity index is 2.36. The predicted molar refractivity (Wildman–Crippen MR) is 63.8 cm³/mol. The van der Waals surface area contributed by atoms with Gasteiger partial charge in [-0.2, -0.15) is 0 Å².